The number of hydrogen-bond donors (Lipinski definition) is 1. The van der Waals surface area contributed by atoms with E-state index >= 15 is 0 Å². The van der Waals surface area contributed by atoms with Gasteiger partial charge in [-0.3, -0.25) is 4.79 Å². The van der Waals surface area contributed by atoms with Crippen LogP contribution in [0, 0.1) is 5.41 Å². The summed E-state index contributed by atoms with van der Waals surface area (Å²) < 4.78 is 0. The Balaban J connectivity index is 1.68. The minimum atomic E-state index is -0.467. The number of Topliss-reactive ketones (excluding diaryl/α,β-unsaturated/α-hetero) is 1. The van der Waals surface area contributed by atoms with E-state index in [2.05, 4.69) is 58.1 Å². The summed E-state index contributed by atoms with van der Waals surface area (Å²) in [6.07, 6.45) is 4.67. The molecule has 0 radical (unpaired) electrons. The first-order chi connectivity index (χ1) is 13.7. The minimum Gasteiger partial charge on any atom is -0.370 e. The zero-order valence-electron chi connectivity index (χ0n) is 17.9. The van der Waals surface area contributed by atoms with Gasteiger partial charge in [-0.15, -0.1) is 0 Å². The first-order valence-corrected chi connectivity index (χ1v) is 10.1. The minimum absolute atomic E-state index is 0.0655. The van der Waals surface area contributed by atoms with Crippen LogP contribution < -0.4 is 4.90 Å². The molecule has 3 aromatic rings. The lowest BCUT2D eigenvalue weighted by Crippen LogP contribution is -2.31. The Labute approximate surface area is 172 Å². The monoisotopic (exact) mass is 391 g/mol. The Hall–Kier alpha value is -2.73. The number of nitrogens with one attached hydrogen (secondary N) is 1. The molecule has 1 N–H and O–H groups in total. The van der Waals surface area contributed by atoms with Crippen LogP contribution in [-0.4, -0.2) is 58.9 Å². The van der Waals surface area contributed by atoms with Gasteiger partial charge in [0.1, 0.15) is 5.52 Å². The number of aromatic nitrogens is 3. The zero-order valence-corrected chi connectivity index (χ0v) is 17.9. The number of aromatic amines is 1. The molecule has 2 aromatic heterocycles. The lowest BCUT2D eigenvalue weighted by atomic mass is 9.87. The highest BCUT2D eigenvalue weighted by molar-refractivity contribution is 6.08. The topological polar surface area (TPSA) is 65.1 Å². The van der Waals surface area contributed by atoms with E-state index in [4.69, 9.17) is 4.98 Å². The Morgan fingerprint density at radius 3 is 2.76 bits per heavy atom. The number of rotatable bonds is 4. The van der Waals surface area contributed by atoms with Crippen molar-refractivity contribution in [3.8, 4) is 11.3 Å². The number of carbonyl (C=O) groups excluding carboxylic acids is 1. The summed E-state index contributed by atoms with van der Waals surface area (Å²) in [5, 5.41) is 0. The Morgan fingerprint density at radius 2 is 2.07 bits per heavy atom. The van der Waals surface area contributed by atoms with Crippen molar-refractivity contribution in [2.45, 2.75) is 33.2 Å². The first kappa shape index (κ1) is 19.6. The van der Waals surface area contributed by atoms with Gasteiger partial charge in [0, 0.05) is 42.0 Å². The zero-order chi connectivity index (χ0) is 20.8. The van der Waals surface area contributed by atoms with Crippen molar-refractivity contribution in [2.75, 3.05) is 32.1 Å². The van der Waals surface area contributed by atoms with Crippen molar-refractivity contribution in [1.29, 1.82) is 0 Å². The lowest BCUT2D eigenvalue weighted by molar-refractivity contribution is 0.0860. The molecule has 0 aliphatic carbocycles. The summed E-state index contributed by atoms with van der Waals surface area (Å²) in [6, 6.07) is 9.03. The molecule has 4 rings (SSSR count). The largest absolute Gasteiger partial charge is 0.370 e. The summed E-state index contributed by atoms with van der Waals surface area (Å²) in [4.78, 5) is 29.9. The quantitative estimate of drug-likeness (QED) is 0.681. The van der Waals surface area contributed by atoms with Gasteiger partial charge in [0.2, 0.25) is 0 Å². The molecule has 1 aliphatic rings. The highest BCUT2D eigenvalue weighted by Gasteiger charge is 2.27. The van der Waals surface area contributed by atoms with Crippen molar-refractivity contribution in [1.82, 2.24) is 19.9 Å². The summed E-state index contributed by atoms with van der Waals surface area (Å²) in [5.41, 5.74) is 4.42. The molecule has 1 fully saturated rings. The fourth-order valence-corrected chi connectivity index (χ4v) is 3.87. The average Bonchev–Trinajstić information content (AvgIpc) is 3.34. The summed E-state index contributed by atoms with van der Waals surface area (Å²) >= 11 is 0. The standard InChI is InChI=1S/C23H29N5O/c1-23(2,3)21(29)18-12-24-22-20(18)26-19(13-25-22)15-7-6-8-16(11-15)28-10-9-17(14-28)27(4)5/h6-8,11-13,17H,9-10,14H2,1-5H3,(H,24,25). The third kappa shape index (κ3) is 3.77. The van der Waals surface area contributed by atoms with Crippen molar-refractivity contribution < 1.29 is 4.79 Å². The van der Waals surface area contributed by atoms with Gasteiger partial charge in [-0.2, -0.15) is 0 Å². The number of carbonyl (C=O) groups is 1. The highest BCUT2D eigenvalue weighted by Crippen LogP contribution is 2.29. The molecule has 0 saturated carbocycles. The van der Waals surface area contributed by atoms with Gasteiger partial charge in [0.25, 0.3) is 0 Å². The maximum absolute atomic E-state index is 12.8. The molecule has 6 nitrogen and oxygen atoms in total. The molecular formula is C23H29N5O. The lowest BCUT2D eigenvalue weighted by Gasteiger charge is -2.22. The van der Waals surface area contributed by atoms with E-state index in [1.54, 1.807) is 12.4 Å². The summed E-state index contributed by atoms with van der Waals surface area (Å²) in [6.45, 7) is 7.85. The van der Waals surface area contributed by atoms with Gasteiger partial charge in [-0.05, 0) is 32.6 Å². The van der Waals surface area contributed by atoms with Gasteiger partial charge in [-0.25, -0.2) is 9.97 Å². The molecule has 1 aromatic carbocycles. The molecule has 1 unspecified atom stereocenters. The number of likely N-dealkylation sites (N-methyl/N-ethyl adjacent to an activating group) is 1. The second kappa shape index (κ2) is 7.26. The van der Waals surface area contributed by atoms with Crippen LogP contribution in [0.25, 0.3) is 22.4 Å². The maximum atomic E-state index is 12.8. The molecular weight excluding hydrogens is 362 g/mol. The van der Waals surface area contributed by atoms with E-state index < -0.39 is 5.41 Å². The van der Waals surface area contributed by atoms with Crippen LogP contribution in [-0.2, 0) is 0 Å². The maximum Gasteiger partial charge on any atom is 0.171 e. The molecule has 3 heterocycles. The van der Waals surface area contributed by atoms with E-state index in [9.17, 15) is 4.79 Å². The van der Waals surface area contributed by atoms with E-state index in [0.29, 0.717) is 22.8 Å². The van der Waals surface area contributed by atoms with Crippen LogP contribution in [0.1, 0.15) is 37.6 Å². The van der Waals surface area contributed by atoms with E-state index in [1.165, 1.54) is 12.1 Å². The Bertz CT molecular complexity index is 1050. The number of H-pyrrole nitrogens is 1. The number of benzene rings is 1. The number of fused-ring (bicyclic) bond motifs is 1. The average molecular weight is 392 g/mol. The third-order valence-electron chi connectivity index (χ3n) is 5.71. The third-order valence-corrected chi connectivity index (χ3v) is 5.71. The van der Waals surface area contributed by atoms with Crippen LogP contribution in [0.3, 0.4) is 0 Å². The van der Waals surface area contributed by atoms with Crippen molar-refractivity contribution in [3.05, 3.63) is 42.2 Å². The van der Waals surface area contributed by atoms with Gasteiger partial charge in [-0.1, -0.05) is 32.9 Å². The predicted molar refractivity (Wildman–Crippen MR) is 117 cm³/mol. The molecule has 1 aliphatic heterocycles. The number of nitrogens with zero attached hydrogens (tertiary/aromatic N) is 4. The normalized spacial score (nSPS) is 17.4. The molecule has 0 amide bonds. The van der Waals surface area contributed by atoms with Gasteiger partial charge >= 0.3 is 0 Å². The number of hydrogen-bond acceptors (Lipinski definition) is 5. The van der Waals surface area contributed by atoms with E-state index in [1.807, 2.05) is 20.8 Å². The summed E-state index contributed by atoms with van der Waals surface area (Å²) in [5.74, 6) is 0.0655. The predicted octanol–water partition coefficient (Wildman–Crippen LogP) is 3.99. The van der Waals surface area contributed by atoms with Crippen LogP contribution in [0.2, 0.25) is 0 Å². The molecule has 29 heavy (non-hydrogen) atoms. The molecule has 1 saturated heterocycles. The second-order valence-electron chi connectivity index (χ2n) is 9.14. The summed E-state index contributed by atoms with van der Waals surface area (Å²) in [7, 11) is 4.28. The fraction of sp³-hybridized carbons (Fsp3) is 0.435. The van der Waals surface area contributed by atoms with Crippen LogP contribution in [0.15, 0.2) is 36.7 Å². The second-order valence-corrected chi connectivity index (χ2v) is 9.14. The van der Waals surface area contributed by atoms with E-state index in [0.717, 1.165) is 24.3 Å². The molecule has 1 atom stereocenters. The van der Waals surface area contributed by atoms with Crippen molar-refractivity contribution in [2.24, 2.45) is 5.41 Å². The van der Waals surface area contributed by atoms with Gasteiger partial charge < -0.3 is 14.8 Å². The highest BCUT2D eigenvalue weighted by atomic mass is 16.1. The number of anilines is 1. The van der Waals surface area contributed by atoms with Crippen molar-refractivity contribution in [3.63, 3.8) is 0 Å². The molecule has 0 spiro atoms. The number of ketones is 1. The van der Waals surface area contributed by atoms with Gasteiger partial charge in [0.05, 0.1) is 17.5 Å². The fourth-order valence-electron chi connectivity index (χ4n) is 3.87. The SMILES string of the molecule is CN(C)C1CCN(c2cccc(-c3cnc4[nH]cc(C(=O)C(C)(C)C)c4n3)c2)C1. The molecule has 6 heteroatoms. The molecule has 152 valence electrons. The smallest absolute Gasteiger partial charge is 0.171 e. The van der Waals surface area contributed by atoms with E-state index in [-0.39, 0.29) is 5.78 Å². The van der Waals surface area contributed by atoms with Crippen LogP contribution in [0.5, 0.6) is 0 Å². The Kier molecular flexibility index (Phi) is 4.90. The van der Waals surface area contributed by atoms with Crippen molar-refractivity contribution >= 4 is 22.6 Å². The Morgan fingerprint density at radius 1 is 1.28 bits per heavy atom. The van der Waals surface area contributed by atoms with Gasteiger partial charge in [0.15, 0.2) is 11.4 Å². The van der Waals surface area contributed by atoms with Crippen LogP contribution in [0.4, 0.5) is 5.69 Å². The first-order valence-electron chi connectivity index (χ1n) is 10.1. The van der Waals surface area contributed by atoms with Crippen LogP contribution >= 0.6 is 0 Å². The molecule has 0 bridgehead atoms.